The molecule has 5 nitrogen and oxygen atoms in total. The number of halogens is 1. The number of hydrogen-bond donors (Lipinski definition) is 1. The van der Waals surface area contributed by atoms with Gasteiger partial charge in [-0.15, -0.1) is 0 Å². The minimum atomic E-state index is -0.433. The van der Waals surface area contributed by atoms with E-state index in [1.54, 1.807) is 24.5 Å². The fraction of sp³-hybridized carbons (Fsp3) is 0.188. The van der Waals surface area contributed by atoms with E-state index in [0.29, 0.717) is 11.4 Å². The van der Waals surface area contributed by atoms with Crippen LogP contribution >= 0.6 is 0 Å². The van der Waals surface area contributed by atoms with E-state index >= 15 is 0 Å². The molecule has 6 heteroatoms. The monoisotopic (exact) mass is 299 g/mol. The molecule has 1 aliphatic heterocycles. The molecule has 3 rings (SSSR count). The molecule has 1 aromatic carbocycles. The third kappa shape index (κ3) is 2.95. The molecule has 1 N–H and O–H groups in total. The number of amides is 2. The molecule has 22 heavy (non-hydrogen) atoms. The van der Waals surface area contributed by atoms with Gasteiger partial charge in [-0.05, 0) is 36.4 Å². The maximum Gasteiger partial charge on any atom is 0.229 e. The van der Waals surface area contributed by atoms with Crippen molar-refractivity contribution in [1.82, 2.24) is 4.98 Å². The van der Waals surface area contributed by atoms with Crippen LogP contribution in [0.4, 0.5) is 15.8 Å². The summed E-state index contributed by atoms with van der Waals surface area (Å²) in [7, 11) is 0. The van der Waals surface area contributed by atoms with Crippen LogP contribution in [0.25, 0.3) is 0 Å². The van der Waals surface area contributed by atoms with Crippen molar-refractivity contribution >= 4 is 23.2 Å². The van der Waals surface area contributed by atoms with Crippen molar-refractivity contribution in [2.75, 3.05) is 16.8 Å². The lowest BCUT2D eigenvalue weighted by atomic mass is 10.1. The third-order valence-electron chi connectivity index (χ3n) is 3.56. The Morgan fingerprint density at radius 2 is 2.05 bits per heavy atom. The summed E-state index contributed by atoms with van der Waals surface area (Å²) in [4.78, 5) is 29.7. The van der Waals surface area contributed by atoms with Crippen LogP contribution in [0.3, 0.4) is 0 Å². The number of carbonyl (C=O) groups is 2. The summed E-state index contributed by atoms with van der Waals surface area (Å²) in [5.41, 5.74) is 1.20. The second kappa shape index (κ2) is 5.93. The number of benzene rings is 1. The molecule has 112 valence electrons. The average molecular weight is 299 g/mol. The van der Waals surface area contributed by atoms with Gasteiger partial charge < -0.3 is 10.2 Å². The average Bonchev–Trinajstić information content (AvgIpc) is 2.91. The largest absolute Gasteiger partial charge is 0.324 e. The van der Waals surface area contributed by atoms with Crippen LogP contribution in [0.5, 0.6) is 0 Å². The number of pyridine rings is 1. The number of carbonyl (C=O) groups excluding carboxylic acids is 2. The van der Waals surface area contributed by atoms with Crippen molar-refractivity contribution in [1.29, 1.82) is 0 Å². The van der Waals surface area contributed by atoms with Crippen LogP contribution < -0.4 is 10.2 Å². The van der Waals surface area contributed by atoms with Gasteiger partial charge in [0.25, 0.3) is 0 Å². The Morgan fingerprint density at radius 3 is 2.73 bits per heavy atom. The predicted octanol–water partition coefficient (Wildman–Crippen LogP) is 2.21. The molecule has 1 saturated heterocycles. The lowest BCUT2D eigenvalue weighted by Gasteiger charge is -2.16. The summed E-state index contributed by atoms with van der Waals surface area (Å²) in [5, 5.41) is 2.75. The Labute approximate surface area is 126 Å². The first-order valence-electron chi connectivity index (χ1n) is 6.90. The van der Waals surface area contributed by atoms with E-state index in [0.717, 1.165) is 0 Å². The summed E-state index contributed by atoms with van der Waals surface area (Å²) in [5.74, 6) is -1.15. The van der Waals surface area contributed by atoms with Gasteiger partial charge in [-0.3, -0.25) is 14.6 Å². The Kier molecular flexibility index (Phi) is 3.82. The van der Waals surface area contributed by atoms with Gasteiger partial charge in [-0.1, -0.05) is 0 Å². The number of nitrogens with one attached hydrogen (secondary N) is 1. The SMILES string of the molecule is O=C(Nc1cccnc1)[C@H]1CC(=O)N(c2ccc(F)cc2)C1. The molecule has 2 amide bonds. The van der Waals surface area contributed by atoms with Crippen molar-refractivity contribution in [3.63, 3.8) is 0 Å². The van der Waals surface area contributed by atoms with E-state index in [1.165, 1.54) is 29.2 Å². The third-order valence-corrected chi connectivity index (χ3v) is 3.56. The molecule has 1 aliphatic rings. The Bertz CT molecular complexity index is 688. The lowest BCUT2D eigenvalue weighted by molar-refractivity contribution is -0.122. The highest BCUT2D eigenvalue weighted by molar-refractivity contribution is 6.03. The molecule has 2 aromatic rings. The van der Waals surface area contributed by atoms with Gasteiger partial charge in [-0.25, -0.2) is 4.39 Å². The molecule has 2 heterocycles. The molecule has 1 atom stereocenters. The van der Waals surface area contributed by atoms with E-state index in [2.05, 4.69) is 10.3 Å². The number of nitrogens with zero attached hydrogens (tertiary/aromatic N) is 2. The Balaban J connectivity index is 1.69. The molecule has 0 spiro atoms. The van der Waals surface area contributed by atoms with Crippen molar-refractivity contribution in [2.45, 2.75) is 6.42 Å². The maximum atomic E-state index is 12.9. The van der Waals surface area contributed by atoms with Gasteiger partial charge >= 0.3 is 0 Å². The summed E-state index contributed by atoms with van der Waals surface area (Å²) in [6, 6.07) is 9.13. The standard InChI is InChI=1S/C16H14FN3O2/c17-12-3-5-14(6-4-12)20-10-11(8-15(20)21)16(22)19-13-2-1-7-18-9-13/h1-7,9,11H,8,10H2,(H,19,22)/t11-/m0/s1. The topological polar surface area (TPSA) is 62.3 Å². The van der Waals surface area contributed by atoms with Crippen LogP contribution in [0.2, 0.25) is 0 Å². The maximum absolute atomic E-state index is 12.9. The van der Waals surface area contributed by atoms with E-state index in [-0.39, 0.29) is 30.6 Å². The van der Waals surface area contributed by atoms with Crippen molar-refractivity contribution < 1.29 is 14.0 Å². The van der Waals surface area contributed by atoms with E-state index in [9.17, 15) is 14.0 Å². The molecule has 1 fully saturated rings. The first-order chi connectivity index (χ1) is 10.6. The summed E-state index contributed by atoms with van der Waals surface area (Å²) < 4.78 is 12.9. The van der Waals surface area contributed by atoms with Gasteiger partial charge in [0.15, 0.2) is 0 Å². The van der Waals surface area contributed by atoms with E-state index < -0.39 is 5.92 Å². The highest BCUT2D eigenvalue weighted by atomic mass is 19.1. The summed E-state index contributed by atoms with van der Waals surface area (Å²) in [6.07, 6.45) is 3.31. The highest BCUT2D eigenvalue weighted by Gasteiger charge is 2.35. The van der Waals surface area contributed by atoms with Gasteiger partial charge in [-0.2, -0.15) is 0 Å². The molecular formula is C16H14FN3O2. The summed E-state index contributed by atoms with van der Waals surface area (Å²) >= 11 is 0. The van der Waals surface area contributed by atoms with Gasteiger partial charge in [0.2, 0.25) is 11.8 Å². The second-order valence-corrected chi connectivity index (χ2v) is 5.11. The van der Waals surface area contributed by atoms with Crippen LogP contribution in [0.1, 0.15) is 6.42 Å². The van der Waals surface area contributed by atoms with Gasteiger partial charge in [0.05, 0.1) is 17.8 Å². The number of aromatic nitrogens is 1. The minimum Gasteiger partial charge on any atom is -0.324 e. The van der Waals surface area contributed by atoms with Gasteiger partial charge in [0, 0.05) is 24.8 Å². The van der Waals surface area contributed by atoms with Crippen LogP contribution in [0, 0.1) is 11.7 Å². The molecule has 0 radical (unpaired) electrons. The first kappa shape index (κ1) is 14.2. The molecular weight excluding hydrogens is 285 g/mol. The van der Waals surface area contributed by atoms with Gasteiger partial charge in [0.1, 0.15) is 5.82 Å². The van der Waals surface area contributed by atoms with Crippen LogP contribution in [-0.4, -0.2) is 23.3 Å². The van der Waals surface area contributed by atoms with Crippen molar-refractivity contribution in [2.24, 2.45) is 5.92 Å². The zero-order valence-electron chi connectivity index (χ0n) is 11.7. The van der Waals surface area contributed by atoms with Crippen molar-refractivity contribution in [3.8, 4) is 0 Å². The Hall–Kier alpha value is -2.76. The lowest BCUT2D eigenvalue weighted by Crippen LogP contribution is -2.28. The second-order valence-electron chi connectivity index (χ2n) is 5.11. The molecule has 0 saturated carbocycles. The zero-order valence-corrected chi connectivity index (χ0v) is 11.7. The zero-order chi connectivity index (χ0) is 15.5. The fourth-order valence-electron chi connectivity index (χ4n) is 2.43. The minimum absolute atomic E-state index is 0.141. The van der Waals surface area contributed by atoms with Crippen molar-refractivity contribution in [3.05, 3.63) is 54.6 Å². The normalized spacial score (nSPS) is 17.6. The first-order valence-corrected chi connectivity index (χ1v) is 6.90. The number of hydrogen-bond acceptors (Lipinski definition) is 3. The predicted molar refractivity (Wildman–Crippen MR) is 79.7 cm³/mol. The molecule has 0 unspecified atom stereocenters. The molecule has 1 aromatic heterocycles. The smallest absolute Gasteiger partial charge is 0.229 e. The van der Waals surface area contributed by atoms with Crippen LogP contribution in [0.15, 0.2) is 48.8 Å². The van der Waals surface area contributed by atoms with E-state index in [1.807, 2.05) is 0 Å². The fourth-order valence-corrected chi connectivity index (χ4v) is 2.43. The highest BCUT2D eigenvalue weighted by Crippen LogP contribution is 2.26. The number of anilines is 2. The number of rotatable bonds is 3. The summed E-state index contributed by atoms with van der Waals surface area (Å²) in [6.45, 7) is 0.288. The Morgan fingerprint density at radius 1 is 1.27 bits per heavy atom. The molecule has 0 bridgehead atoms. The van der Waals surface area contributed by atoms with Crippen LogP contribution in [-0.2, 0) is 9.59 Å². The van der Waals surface area contributed by atoms with E-state index in [4.69, 9.17) is 0 Å². The molecule has 0 aliphatic carbocycles. The quantitative estimate of drug-likeness (QED) is 0.945.